The molecule has 0 aromatic carbocycles. The van der Waals surface area contributed by atoms with Crippen LogP contribution in [0.2, 0.25) is 0 Å². The molecule has 0 spiro atoms. The van der Waals surface area contributed by atoms with Crippen LogP contribution in [0.5, 0.6) is 0 Å². The van der Waals surface area contributed by atoms with Crippen molar-refractivity contribution in [3.63, 3.8) is 0 Å². The van der Waals surface area contributed by atoms with Crippen LogP contribution >= 0.6 is 11.3 Å². The van der Waals surface area contributed by atoms with E-state index in [4.69, 9.17) is 0 Å². The molecule has 0 aliphatic heterocycles. The second-order valence-corrected chi connectivity index (χ2v) is 7.94. The molecule has 2 rings (SSSR count). The number of nitrogens with zero attached hydrogens (tertiary/aromatic N) is 4. The highest BCUT2D eigenvalue weighted by Gasteiger charge is 2.14. The van der Waals surface area contributed by atoms with E-state index in [1.165, 1.54) is 16.9 Å². The number of nitrogens with one attached hydrogen (secondary N) is 1. The Balaban J connectivity index is 1.89. The first-order chi connectivity index (χ1) is 11.9. The van der Waals surface area contributed by atoms with E-state index in [9.17, 15) is 4.79 Å². The standard InChI is InChI=1S/C18H29N5OS/c1-6-7-8-17-20-21-18(25-17)19-16(24)10-9-15-13(4)22-23(14(15)5)11-12(2)3/h12H,6-11H2,1-5H3,(H,19,21,24). The number of hydrogen-bond donors (Lipinski definition) is 1. The van der Waals surface area contributed by atoms with Crippen LogP contribution in [0.1, 0.15) is 62.0 Å². The summed E-state index contributed by atoms with van der Waals surface area (Å²) in [6, 6.07) is 0. The largest absolute Gasteiger partial charge is 0.301 e. The predicted octanol–water partition coefficient (Wildman–Crippen LogP) is 3.92. The molecule has 0 aliphatic carbocycles. The van der Waals surface area contributed by atoms with Crippen molar-refractivity contribution in [3.05, 3.63) is 22.0 Å². The summed E-state index contributed by atoms with van der Waals surface area (Å²) in [5.41, 5.74) is 3.36. The van der Waals surface area contributed by atoms with Gasteiger partial charge in [0.2, 0.25) is 11.0 Å². The molecule has 0 unspecified atom stereocenters. The Bertz CT molecular complexity index is 704. The van der Waals surface area contributed by atoms with Crippen molar-refractivity contribution < 1.29 is 4.79 Å². The Kier molecular flexibility index (Phi) is 7.11. The molecule has 2 aromatic rings. The fourth-order valence-corrected chi connectivity index (χ4v) is 3.57. The highest BCUT2D eigenvalue weighted by Crippen LogP contribution is 2.19. The first-order valence-corrected chi connectivity index (χ1v) is 9.87. The fourth-order valence-electron chi connectivity index (χ4n) is 2.77. The molecule has 0 bridgehead atoms. The van der Waals surface area contributed by atoms with Crippen LogP contribution in [0.4, 0.5) is 5.13 Å². The summed E-state index contributed by atoms with van der Waals surface area (Å²) in [4.78, 5) is 12.2. The van der Waals surface area contributed by atoms with Crippen LogP contribution in [-0.2, 0) is 24.2 Å². The van der Waals surface area contributed by atoms with Gasteiger partial charge in [-0.25, -0.2) is 0 Å². The van der Waals surface area contributed by atoms with Crippen molar-refractivity contribution in [2.24, 2.45) is 5.92 Å². The summed E-state index contributed by atoms with van der Waals surface area (Å²) >= 11 is 1.47. The molecule has 6 nitrogen and oxygen atoms in total. The molecular formula is C18H29N5OS. The average molecular weight is 364 g/mol. The van der Waals surface area contributed by atoms with Crippen LogP contribution in [0, 0.1) is 19.8 Å². The molecule has 2 heterocycles. The minimum absolute atomic E-state index is 0.0198. The molecule has 138 valence electrons. The number of unbranched alkanes of at least 4 members (excludes halogenated alkanes) is 1. The Hall–Kier alpha value is -1.76. The van der Waals surface area contributed by atoms with E-state index in [1.807, 2.05) is 6.92 Å². The van der Waals surface area contributed by atoms with Gasteiger partial charge in [-0.1, -0.05) is 38.5 Å². The first kappa shape index (κ1) is 19.6. The lowest BCUT2D eigenvalue weighted by Gasteiger charge is -2.08. The number of hydrogen-bond acceptors (Lipinski definition) is 5. The maximum absolute atomic E-state index is 12.2. The highest BCUT2D eigenvalue weighted by atomic mass is 32.1. The number of anilines is 1. The Labute approximate surface area is 154 Å². The number of carbonyl (C=O) groups is 1. The van der Waals surface area contributed by atoms with E-state index in [0.29, 0.717) is 23.9 Å². The van der Waals surface area contributed by atoms with Gasteiger partial charge in [0.25, 0.3) is 0 Å². The van der Waals surface area contributed by atoms with Gasteiger partial charge in [0.05, 0.1) is 5.69 Å². The monoisotopic (exact) mass is 363 g/mol. The van der Waals surface area contributed by atoms with Crippen molar-refractivity contribution in [1.82, 2.24) is 20.0 Å². The molecule has 1 N–H and O–H groups in total. The lowest BCUT2D eigenvalue weighted by molar-refractivity contribution is -0.116. The molecule has 7 heteroatoms. The molecule has 0 saturated carbocycles. The maximum atomic E-state index is 12.2. The van der Waals surface area contributed by atoms with Gasteiger partial charge in [0, 0.05) is 25.1 Å². The van der Waals surface area contributed by atoms with Crippen LogP contribution < -0.4 is 5.32 Å². The molecule has 0 fully saturated rings. The first-order valence-electron chi connectivity index (χ1n) is 9.05. The summed E-state index contributed by atoms with van der Waals surface area (Å²) in [6.07, 6.45) is 4.28. The van der Waals surface area contributed by atoms with E-state index in [0.717, 1.165) is 42.2 Å². The van der Waals surface area contributed by atoms with Crippen molar-refractivity contribution in [3.8, 4) is 0 Å². The zero-order valence-corrected chi connectivity index (χ0v) is 16.7. The highest BCUT2D eigenvalue weighted by molar-refractivity contribution is 7.15. The number of rotatable bonds is 9. The quantitative estimate of drug-likeness (QED) is 0.733. The minimum Gasteiger partial charge on any atom is -0.301 e. The topological polar surface area (TPSA) is 72.7 Å². The zero-order chi connectivity index (χ0) is 18.4. The second-order valence-electron chi connectivity index (χ2n) is 6.88. The molecule has 25 heavy (non-hydrogen) atoms. The van der Waals surface area contributed by atoms with Gasteiger partial charge in [0.15, 0.2) is 0 Å². The molecule has 0 saturated heterocycles. The Morgan fingerprint density at radius 3 is 2.68 bits per heavy atom. The second kappa shape index (κ2) is 9.08. The van der Waals surface area contributed by atoms with Crippen molar-refractivity contribution in [2.45, 2.75) is 73.3 Å². The summed E-state index contributed by atoms with van der Waals surface area (Å²) in [6.45, 7) is 11.5. The predicted molar refractivity (Wildman–Crippen MR) is 102 cm³/mol. The number of carbonyl (C=O) groups excluding carboxylic acids is 1. The summed E-state index contributed by atoms with van der Waals surface area (Å²) in [7, 11) is 0. The summed E-state index contributed by atoms with van der Waals surface area (Å²) in [5, 5.41) is 17.2. The van der Waals surface area contributed by atoms with Gasteiger partial charge < -0.3 is 5.32 Å². The number of amides is 1. The Morgan fingerprint density at radius 2 is 2.00 bits per heavy atom. The van der Waals surface area contributed by atoms with Gasteiger partial charge in [0.1, 0.15) is 5.01 Å². The third-order valence-electron chi connectivity index (χ3n) is 4.13. The summed E-state index contributed by atoms with van der Waals surface area (Å²) in [5.74, 6) is 0.530. The lowest BCUT2D eigenvalue weighted by atomic mass is 10.1. The molecule has 0 radical (unpaired) electrons. The third-order valence-corrected chi connectivity index (χ3v) is 5.03. The number of aryl methyl sites for hydroxylation is 2. The molecular weight excluding hydrogens is 334 g/mol. The van der Waals surface area contributed by atoms with Crippen molar-refractivity contribution in [1.29, 1.82) is 0 Å². The minimum atomic E-state index is -0.0198. The van der Waals surface area contributed by atoms with Crippen LogP contribution in [0.25, 0.3) is 0 Å². The van der Waals surface area contributed by atoms with Crippen LogP contribution in [0.3, 0.4) is 0 Å². The molecule has 0 aliphatic rings. The van der Waals surface area contributed by atoms with Crippen molar-refractivity contribution in [2.75, 3.05) is 5.32 Å². The zero-order valence-electron chi connectivity index (χ0n) is 15.9. The van der Waals surface area contributed by atoms with E-state index in [-0.39, 0.29) is 5.91 Å². The van der Waals surface area contributed by atoms with Gasteiger partial charge in [-0.05, 0) is 38.2 Å². The lowest BCUT2D eigenvalue weighted by Crippen LogP contribution is -2.13. The molecule has 2 aromatic heterocycles. The third kappa shape index (κ3) is 5.63. The van der Waals surface area contributed by atoms with Gasteiger partial charge in [-0.2, -0.15) is 5.10 Å². The van der Waals surface area contributed by atoms with Gasteiger partial charge in [-0.15, -0.1) is 10.2 Å². The van der Waals surface area contributed by atoms with Crippen molar-refractivity contribution >= 4 is 22.4 Å². The van der Waals surface area contributed by atoms with Crippen LogP contribution in [0.15, 0.2) is 0 Å². The van der Waals surface area contributed by atoms with E-state index in [1.54, 1.807) is 0 Å². The average Bonchev–Trinajstić information content (AvgIpc) is 3.08. The molecule has 0 atom stereocenters. The number of aromatic nitrogens is 4. The van der Waals surface area contributed by atoms with Crippen LogP contribution in [-0.4, -0.2) is 25.9 Å². The smallest absolute Gasteiger partial charge is 0.226 e. The Morgan fingerprint density at radius 1 is 1.24 bits per heavy atom. The van der Waals surface area contributed by atoms with Gasteiger partial charge in [-0.3, -0.25) is 9.48 Å². The maximum Gasteiger partial charge on any atom is 0.226 e. The SMILES string of the molecule is CCCCc1nnc(NC(=O)CCc2c(C)nn(CC(C)C)c2C)s1. The van der Waals surface area contributed by atoms with E-state index < -0.39 is 0 Å². The fraction of sp³-hybridized carbons (Fsp3) is 0.667. The van der Waals surface area contributed by atoms with Gasteiger partial charge >= 0.3 is 0 Å². The van der Waals surface area contributed by atoms with E-state index >= 15 is 0 Å². The normalized spacial score (nSPS) is 11.3. The summed E-state index contributed by atoms with van der Waals surface area (Å²) < 4.78 is 2.05. The molecule has 1 amide bonds. The van der Waals surface area contributed by atoms with E-state index in [2.05, 4.69) is 53.0 Å².